The molecule has 0 fully saturated rings. The van der Waals surface area contributed by atoms with Crippen molar-refractivity contribution in [1.82, 2.24) is 0 Å². The standard InChI is InChI=1S/C14H13NO3/c1-9-2-4-10(5-3-9)18-11-6-7-12(14(15)17)13(16)8-11/h2-8,16H,1H3,(H2,15,17). The van der Waals surface area contributed by atoms with Gasteiger partial charge in [0, 0.05) is 6.07 Å². The van der Waals surface area contributed by atoms with Crippen molar-refractivity contribution < 1.29 is 14.6 Å². The van der Waals surface area contributed by atoms with Crippen LogP contribution in [0.5, 0.6) is 17.2 Å². The van der Waals surface area contributed by atoms with Crippen LogP contribution in [-0.4, -0.2) is 11.0 Å². The van der Waals surface area contributed by atoms with Crippen LogP contribution in [0.3, 0.4) is 0 Å². The van der Waals surface area contributed by atoms with Crippen molar-refractivity contribution in [3.63, 3.8) is 0 Å². The third kappa shape index (κ3) is 2.60. The Morgan fingerprint density at radius 1 is 1.11 bits per heavy atom. The normalized spacial score (nSPS) is 10.1. The lowest BCUT2D eigenvalue weighted by Crippen LogP contribution is -2.10. The molecule has 0 radical (unpaired) electrons. The van der Waals surface area contributed by atoms with Crippen LogP contribution in [0, 0.1) is 6.92 Å². The van der Waals surface area contributed by atoms with Gasteiger partial charge in [0.2, 0.25) is 0 Å². The number of hydrogen-bond acceptors (Lipinski definition) is 3. The first-order valence-electron chi connectivity index (χ1n) is 5.43. The lowest BCUT2D eigenvalue weighted by Gasteiger charge is -2.07. The van der Waals surface area contributed by atoms with Crippen molar-refractivity contribution in [2.75, 3.05) is 0 Å². The fourth-order valence-corrected chi connectivity index (χ4v) is 1.53. The molecular formula is C14H13NO3. The molecule has 4 nitrogen and oxygen atoms in total. The molecule has 0 saturated heterocycles. The van der Waals surface area contributed by atoms with Gasteiger partial charge in [-0.3, -0.25) is 4.79 Å². The quantitative estimate of drug-likeness (QED) is 0.870. The summed E-state index contributed by atoms with van der Waals surface area (Å²) in [5, 5.41) is 9.60. The van der Waals surface area contributed by atoms with Gasteiger partial charge in [-0.05, 0) is 31.2 Å². The van der Waals surface area contributed by atoms with E-state index in [9.17, 15) is 9.90 Å². The topological polar surface area (TPSA) is 72.5 Å². The van der Waals surface area contributed by atoms with Gasteiger partial charge in [0.05, 0.1) is 5.56 Å². The van der Waals surface area contributed by atoms with Crippen LogP contribution >= 0.6 is 0 Å². The zero-order valence-electron chi connectivity index (χ0n) is 9.88. The van der Waals surface area contributed by atoms with Crippen molar-refractivity contribution in [3.8, 4) is 17.2 Å². The third-order valence-corrected chi connectivity index (χ3v) is 2.49. The number of benzene rings is 2. The van der Waals surface area contributed by atoms with Crippen molar-refractivity contribution in [1.29, 1.82) is 0 Å². The summed E-state index contributed by atoms with van der Waals surface area (Å²) < 4.78 is 5.54. The van der Waals surface area contributed by atoms with Crippen LogP contribution in [0.25, 0.3) is 0 Å². The molecule has 0 unspecified atom stereocenters. The summed E-state index contributed by atoms with van der Waals surface area (Å²) in [5.74, 6) is 0.245. The number of aryl methyl sites for hydroxylation is 1. The molecule has 0 aliphatic rings. The number of primary amides is 1. The van der Waals surface area contributed by atoms with Gasteiger partial charge in [-0.1, -0.05) is 17.7 Å². The summed E-state index contributed by atoms with van der Waals surface area (Å²) in [6.45, 7) is 1.98. The number of carbonyl (C=O) groups excluding carboxylic acids is 1. The highest BCUT2D eigenvalue weighted by atomic mass is 16.5. The van der Waals surface area contributed by atoms with E-state index in [0.717, 1.165) is 5.56 Å². The van der Waals surface area contributed by atoms with Gasteiger partial charge < -0.3 is 15.6 Å². The molecule has 0 bridgehead atoms. The molecule has 0 aliphatic heterocycles. The minimum atomic E-state index is -0.672. The predicted molar refractivity (Wildman–Crippen MR) is 67.9 cm³/mol. The second kappa shape index (κ2) is 4.79. The van der Waals surface area contributed by atoms with E-state index in [0.29, 0.717) is 11.5 Å². The lowest BCUT2D eigenvalue weighted by atomic mass is 10.2. The first-order valence-corrected chi connectivity index (χ1v) is 5.43. The number of phenols is 1. The van der Waals surface area contributed by atoms with Crippen LogP contribution in [0.1, 0.15) is 15.9 Å². The van der Waals surface area contributed by atoms with E-state index < -0.39 is 5.91 Å². The van der Waals surface area contributed by atoms with E-state index in [-0.39, 0.29) is 11.3 Å². The first kappa shape index (κ1) is 12.0. The minimum absolute atomic E-state index is 0.0752. The smallest absolute Gasteiger partial charge is 0.252 e. The average molecular weight is 243 g/mol. The molecular weight excluding hydrogens is 230 g/mol. The maximum Gasteiger partial charge on any atom is 0.252 e. The van der Waals surface area contributed by atoms with Crippen LogP contribution in [-0.2, 0) is 0 Å². The molecule has 0 spiro atoms. The Kier molecular flexibility index (Phi) is 3.19. The van der Waals surface area contributed by atoms with E-state index in [1.807, 2.05) is 31.2 Å². The maximum absolute atomic E-state index is 11.0. The van der Waals surface area contributed by atoms with Crippen LogP contribution in [0.2, 0.25) is 0 Å². The molecule has 3 N–H and O–H groups in total. The molecule has 1 amide bonds. The fraction of sp³-hybridized carbons (Fsp3) is 0.0714. The highest BCUT2D eigenvalue weighted by Crippen LogP contribution is 2.27. The molecule has 92 valence electrons. The van der Waals surface area contributed by atoms with E-state index >= 15 is 0 Å². The molecule has 4 heteroatoms. The van der Waals surface area contributed by atoms with Gasteiger partial charge in [0.25, 0.3) is 5.91 Å². The van der Waals surface area contributed by atoms with E-state index in [1.54, 1.807) is 6.07 Å². The zero-order valence-corrected chi connectivity index (χ0v) is 9.88. The van der Waals surface area contributed by atoms with Crippen LogP contribution in [0.15, 0.2) is 42.5 Å². The highest BCUT2D eigenvalue weighted by molar-refractivity contribution is 5.95. The SMILES string of the molecule is Cc1ccc(Oc2ccc(C(N)=O)c(O)c2)cc1. The number of nitrogens with two attached hydrogens (primary N) is 1. The van der Waals surface area contributed by atoms with Crippen LogP contribution < -0.4 is 10.5 Å². The van der Waals surface area contributed by atoms with Crippen molar-refractivity contribution in [2.45, 2.75) is 6.92 Å². The first-order chi connectivity index (χ1) is 8.56. The van der Waals surface area contributed by atoms with Crippen molar-refractivity contribution in [3.05, 3.63) is 53.6 Å². The number of rotatable bonds is 3. The number of aromatic hydroxyl groups is 1. The molecule has 2 rings (SSSR count). The molecule has 0 atom stereocenters. The van der Waals surface area contributed by atoms with E-state index in [4.69, 9.17) is 10.5 Å². The molecule has 18 heavy (non-hydrogen) atoms. The highest BCUT2D eigenvalue weighted by Gasteiger charge is 2.08. The molecule has 2 aromatic carbocycles. The van der Waals surface area contributed by atoms with Gasteiger partial charge >= 0.3 is 0 Å². The summed E-state index contributed by atoms with van der Waals surface area (Å²) in [6.07, 6.45) is 0. The van der Waals surface area contributed by atoms with Crippen molar-refractivity contribution in [2.24, 2.45) is 5.73 Å². The van der Waals surface area contributed by atoms with E-state index in [1.165, 1.54) is 12.1 Å². The van der Waals surface area contributed by atoms with Crippen molar-refractivity contribution >= 4 is 5.91 Å². The monoisotopic (exact) mass is 243 g/mol. The fourth-order valence-electron chi connectivity index (χ4n) is 1.53. The number of amides is 1. The Bertz CT molecular complexity index is 576. The van der Waals surface area contributed by atoms with Gasteiger partial charge in [0.1, 0.15) is 17.2 Å². The second-order valence-electron chi connectivity index (χ2n) is 3.96. The number of ether oxygens (including phenoxy) is 1. The summed E-state index contributed by atoms with van der Waals surface area (Å²) in [7, 11) is 0. The van der Waals surface area contributed by atoms with Crippen LogP contribution in [0.4, 0.5) is 0 Å². The summed E-state index contributed by atoms with van der Waals surface area (Å²) in [4.78, 5) is 11.0. The molecule has 0 aromatic heterocycles. The van der Waals surface area contributed by atoms with Gasteiger partial charge in [-0.15, -0.1) is 0 Å². The van der Waals surface area contributed by atoms with Gasteiger partial charge in [-0.2, -0.15) is 0 Å². The predicted octanol–water partition coefficient (Wildman–Crippen LogP) is 2.59. The Labute approximate surface area is 105 Å². The van der Waals surface area contributed by atoms with Gasteiger partial charge in [-0.25, -0.2) is 0 Å². The lowest BCUT2D eigenvalue weighted by molar-refractivity contribution is 0.0998. The molecule has 0 heterocycles. The third-order valence-electron chi connectivity index (χ3n) is 2.49. The summed E-state index contributed by atoms with van der Waals surface area (Å²) in [5.41, 5.74) is 6.30. The number of carbonyl (C=O) groups is 1. The largest absolute Gasteiger partial charge is 0.507 e. The minimum Gasteiger partial charge on any atom is -0.507 e. The summed E-state index contributed by atoms with van der Waals surface area (Å²) in [6, 6.07) is 11.9. The Morgan fingerprint density at radius 2 is 1.72 bits per heavy atom. The Hall–Kier alpha value is -2.49. The van der Waals surface area contributed by atoms with Gasteiger partial charge in [0.15, 0.2) is 0 Å². The Balaban J connectivity index is 2.22. The van der Waals surface area contributed by atoms with E-state index in [2.05, 4.69) is 0 Å². The number of hydrogen-bond donors (Lipinski definition) is 2. The second-order valence-corrected chi connectivity index (χ2v) is 3.96. The molecule has 2 aromatic rings. The summed E-state index contributed by atoms with van der Waals surface area (Å²) >= 11 is 0. The Morgan fingerprint density at radius 3 is 2.28 bits per heavy atom. The molecule has 0 aliphatic carbocycles. The zero-order chi connectivity index (χ0) is 13.1. The average Bonchev–Trinajstić information content (AvgIpc) is 2.32. The maximum atomic E-state index is 11.0. The molecule has 0 saturated carbocycles.